The Kier molecular flexibility index (Phi) is 5.77. The van der Waals surface area contributed by atoms with Crippen molar-refractivity contribution in [2.24, 2.45) is 5.92 Å². The lowest BCUT2D eigenvalue weighted by Crippen LogP contribution is -2.38. The van der Waals surface area contributed by atoms with E-state index in [1.807, 2.05) is 31.2 Å². The SMILES string of the molecule is COC[C@H](C)N1C[C@H](C(=O)Nc2ccc(C(C)C)cc2)CC1=O. The summed E-state index contributed by atoms with van der Waals surface area (Å²) in [6.07, 6.45) is 0.268. The largest absolute Gasteiger partial charge is 0.383 e. The summed E-state index contributed by atoms with van der Waals surface area (Å²) in [5, 5.41) is 2.91. The van der Waals surface area contributed by atoms with Crippen LogP contribution in [0.3, 0.4) is 0 Å². The molecule has 0 radical (unpaired) electrons. The molecule has 1 saturated heterocycles. The molecule has 1 aliphatic rings. The number of likely N-dealkylation sites (tertiary alicyclic amines) is 1. The molecule has 2 amide bonds. The number of hydrogen-bond acceptors (Lipinski definition) is 3. The first-order valence-electron chi connectivity index (χ1n) is 8.11. The van der Waals surface area contributed by atoms with Crippen molar-refractivity contribution in [2.45, 2.75) is 39.2 Å². The van der Waals surface area contributed by atoms with Crippen LogP contribution < -0.4 is 5.32 Å². The van der Waals surface area contributed by atoms with Crippen LogP contribution in [-0.2, 0) is 14.3 Å². The highest BCUT2D eigenvalue weighted by Crippen LogP contribution is 2.23. The lowest BCUT2D eigenvalue weighted by Gasteiger charge is -2.23. The maximum absolute atomic E-state index is 12.4. The molecule has 0 saturated carbocycles. The minimum Gasteiger partial charge on any atom is -0.383 e. The van der Waals surface area contributed by atoms with Crippen molar-refractivity contribution >= 4 is 17.5 Å². The normalized spacial score (nSPS) is 19.3. The summed E-state index contributed by atoms with van der Waals surface area (Å²) in [6, 6.07) is 7.86. The number of carbonyl (C=O) groups is 2. The predicted octanol–water partition coefficient (Wildman–Crippen LogP) is 2.63. The number of rotatable bonds is 6. The molecule has 0 bridgehead atoms. The Morgan fingerprint density at radius 1 is 1.30 bits per heavy atom. The van der Waals surface area contributed by atoms with Gasteiger partial charge in [-0.05, 0) is 30.5 Å². The number of carbonyl (C=O) groups excluding carboxylic acids is 2. The zero-order valence-corrected chi connectivity index (χ0v) is 14.3. The van der Waals surface area contributed by atoms with E-state index in [0.717, 1.165) is 5.69 Å². The molecule has 0 spiro atoms. The Morgan fingerprint density at radius 3 is 2.52 bits per heavy atom. The van der Waals surface area contributed by atoms with E-state index >= 15 is 0 Å². The first kappa shape index (κ1) is 17.5. The van der Waals surface area contributed by atoms with Gasteiger partial charge < -0.3 is 15.0 Å². The molecule has 1 aliphatic heterocycles. The maximum Gasteiger partial charge on any atom is 0.229 e. The van der Waals surface area contributed by atoms with E-state index < -0.39 is 0 Å². The van der Waals surface area contributed by atoms with E-state index in [2.05, 4.69) is 19.2 Å². The van der Waals surface area contributed by atoms with Gasteiger partial charge in [0, 0.05) is 25.8 Å². The van der Waals surface area contributed by atoms with Crippen LogP contribution in [0.5, 0.6) is 0 Å². The highest BCUT2D eigenvalue weighted by atomic mass is 16.5. The van der Waals surface area contributed by atoms with Gasteiger partial charge in [0.15, 0.2) is 0 Å². The molecule has 1 aromatic carbocycles. The van der Waals surface area contributed by atoms with Crippen molar-refractivity contribution in [3.63, 3.8) is 0 Å². The second-order valence-electron chi connectivity index (χ2n) is 6.52. The van der Waals surface area contributed by atoms with E-state index in [1.54, 1.807) is 12.0 Å². The third kappa shape index (κ3) is 4.32. The molecule has 2 atom stereocenters. The zero-order valence-electron chi connectivity index (χ0n) is 14.3. The van der Waals surface area contributed by atoms with Gasteiger partial charge in [0.1, 0.15) is 0 Å². The lowest BCUT2D eigenvalue weighted by atomic mass is 10.0. The summed E-state index contributed by atoms with van der Waals surface area (Å²) in [4.78, 5) is 26.2. The Bertz CT molecular complexity index is 554. The third-order valence-electron chi connectivity index (χ3n) is 4.31. The second kappa shape index (κ2) is 7.59. The number of anilines is 1. The molecular formula is C18H26N2O3. The number of methoxy groups -OCH3 is 1. The van der Waals surface area contributed by atoms with E-state index in [1.165, 1.54) is 5.56 Å². The predicted molar refractivity (Wildman–Crippen MR) is 90.3 cm³/mol. The maximum atomic E-state index is 12.4. The van der Waals surface area contributed by atoms with Gasteiger partial charge in [-0.2, -0.15) is 0 Å². The van der Waals surface area contributed by atoms with Crippen molar-refractivity contribution in [2.75, 3.05) is 25.6 Å². The molecule has 0 aromatic heterocycles. The van der Waals surface area contributed by atoms with Gasteiger partial charge in [-0.15, -0.1) is 0 Å². The number of amides is 2. The molecule has 2 rings (SSSR count). The van der Waals surface area contributed by atoms with E-state index in [0.29, 0.717) is 19.1 Å². The van der Waals surface area contributed by atoms with Crippen LogP contribution in [0.1, 0.15) is 38.7 Å². The Balaban J connectivity index is 1.95. The topological polar surface area (TPSA) is 58.6 Å². The Labute approximate surface area is 138 Å². The summed E-state index contributed by atoms with van der Waals surface area (Å²) in [5.74, 6) is 0.0854. The highest BCUT2D eigenvalue weighted by Gasteiger charge is 2.36. The summed E-state index contributed by atoms with van der Waals surface area (Å²) >= 11 is 0. The fraction of sp³-hybridized carbons (Fsp3) is 0.556. The van der Waals surface area contributed by atoms with Crippen molar-refractivity contribution in [3.05, 3.63) is 29.8 Å². The van der Waals surface area contributed by atoms with Gasteiger partial charge in [-0.1, -0.05) is 26.0 Å². The molecular weight excluding hydrogens is 292 g/mol. The fourth-order valence-corrected chi connectivity index (χ4v) is 2.86. The van der Waals surface area contributed by atoms with Crippen molar-refractivity contribution in [1.82, 2.24) is 4.90 Å². The van der Waals surface area contributed by atoms with Gasteiger partial charge in [0.2, 0.25) is 11.8 Å². The zero-order chi connectivity index (χ0) is 17.0. The molecule has 5 heteroatoms. The van der Waals surface area contributed by atoms with Gasteiger partial charge in [-0.3, -0.25) is 9.59 Å². The summed E-state index contributed by atoms with van der Waals surface area (Å²) in [5.41, 5.74) is 2.01. The molecule has 0 aliphatic carbocycles. The quantitative estimate of drug-likeness (QED) is 0.877. The van der Waals surface area contributed by atoms with Crippen LogP contribution in [0.25, 0.3) is 0 Å². The third-order valence-corrected chi connectivity index (χ3v) is 4.31. The number of nitrogens with one attached hydrogen (secondary N) is 1. The summed E-state index contributed by atoms with van der Waals surface area (Å²) < 4.78 is 5.09. The van der Waals surface area contributed by atoms with Crippen LogP contribution in [0.2, 0.25) is 0 Å². The van der Waals surface area contributed by atoms with E-state index in [4.69, 9.17) is 4.74 Å². The van der Waals surface area contributed by atoms with Crippen molar-refractivity contribution in [3.8, 4) is 0 Å². The van der Waals surface area contributed by atoms with Crippen LogP contribution in [0.15, 0.2) is 24.3 Å². The van der Waals surface area contributed by atoms with E-state index in [-0.39, 0.29) is 30.2 Å². The monoisotopic (exact) mass is 318 g/mol. The number of nitrogens with zero attached hydrogens (tertiary/aromatic N) is 1. The minimum absolute atomic E-state index is 0.00405. The van der Waals surface area contributed by atoms with Crippen LogP contribution in [-0.4, -0.2) is 43.0 Å². The summed E-state index contributed by atoms with van der Waals surface area (Å²) in [7, 11) is 1.61. The van der Waals surface area contributed by atoms with Gasteiger partial charge in [0.25, 0.3) is 0 Å². The minimum atomic E-state index is -0.299. The lowest BCUT2D eigenvalue weighted by molar-refractivity contribution is -0.130. The molecule has 1 aromatic rings. The first-order valence-corrected chi connectivity index (χ1v) is 8.11. The standard InChI is InChI=1S/C18H26N2O3/c1-12(2)14-5-7-16(8-6-14)19-18(22)15-9-17(21)20(10-15)13(3)11-23-4/h5-8,12-13,15H,9-11H2,1-4H3,(H,19,22)/t13-,15+/m0/s1. The van der Waals surface area contributed by atoms with Crippen molar-refractivity contribution < 1.29 is 14.3 Å². The van der Waals surface area contributed by atoms with Crippen LogP contribution >= 0.6 is 0 Å². The van der Waals surface area contributed by atoms with Gasteiger partial charge >= 0.3 is 0 Å². The summed E-state index contributed by atoms with van der Waals surface area (Å²) in [6.45, 7) is 7.14. The molecule has 5 nitrogen and oxygen atoms in total. The van der Waals surface area contributed by atoms with Crippen LogP contribution in [0.4, 0.5) is 5.69 Å². The Hall–Kier alpha value is -1.88. The average molecular weight is 318 g/mol. The highest BCUT2D eigenvalue weighted by molar-refractivity contribution is 5.97. The molecule has 126 valence electrons. The fourth-order valence-electron chi connectivity index (χ4n) is 2.86. The smallest absolute Gasteiger partial charge is 0.229 e. The number of benzene rings is 1. The van der Waals surface area contributed by atoms with Gasteiger partial charge in [-0.25, -0.2) is 0 Å². The van der Waals surface area contributed by atoms with Gasteiger partial charge in [0.05, 0.1) is 18.6 Å². The van der Waals surface area contributed by atoms with E-state index in [9.17, 15) is 9.59 Å². The van der Waals surface area contributed by atoms with Crippen molar-refractivity contribution in [1.29, 1.82) is 0 Å². The molecule has 1 N–H and O–H groups in total. The number of ether oxygens (including phenoxy) is 1. The first-order chi connectivity index (χ1) is 10.9. The average Bonchev–Trinajstić information content (AvgIpc) is 2.90. The molecule has 1 heterocycles. The molecule has 0 unspecified atom stereocenters. The molecule has 1 fully saturated rings. The molecule has 23 heavy (non-hydrogen) atoms. The second-order valence-corrected chi connectivity index (χ2v) is 6.52. The number of hydrogen-bond donors (Lipinski definition) is 1. The Morgan fingerprint density at radius 2 is 1.96 bits per heavy atom. The van der Waals surface area contributed by atoms with Crippen LogP contribution in [0, 0.1) is 5.92 Å².